The number of benzene rings is 1. The van der Waals surface area contributed by atoms with Gasteiger partial charge >= 0.3 is 0 Å². The molecule has 0 saturated carbocycles. The number of thioether (sulfide) groups is 1. The van der Waals surface area contributed by atoms with Crippen LogP contribution in [0.2, 0.25) is 0 Å². The minimum atomic E-state index is -0.281. The molecule has 0 aliphatic heterocycles. The Bertz CT molecular complexity index is 1110. The van der Waals surface area contributed by atoms with Crippen LogP contribution in [0, 0.1) is 5.82 Å². The van der Waals surface area contributed by atoms with Gasteiger partial charge in [0.2, 0.25) is 5.91 Å². The highest BCUT2D eigenvalue weighted by Crippen LogP contribution is 2.33. The van der Waals surface area contributed by atoms with Crippen molar-refractivity contribution in [2.45, 2.75) is 44.4 Å². The van der Waals surface area contributed by atoms with Crippen molar-refractivity contribution in [3.8, 4) is 0 Å². The molecule has 0 unspecified atom stereocenters. The largest absolute Gasteiger partial charge is 0.341 e. The molecule has 30 heavy (non-hydrogen) atoms. The molecule has 0 spiro atoms. The minimum Gasteiger partial charge on any atom is -0.341 e. The zero-order chi connectivity index (χ0) is 21.1. The van der Waals surface area contributed by atoms with Crippen LogP contribution < -0.4 is 5.56 Å². The van der Waals surface area contributed by atoms with Crippen LogP contribution in [-0.2, 0) is 29.9 Å². The normalized spacial score (nSPS) is 13.4. The summed E-state index contributed by atoms with van der Waals surface area (Å²) in [5.41, 5.74) is 2.06. The standard InChI is InChI=1S/C22H24FN3O2S2/c1-26(12-14-6-8-15(23)9-7-14)19(27)10-11-29-13-18-24-21(28)20-16-4-2-3-5-17(16)30-22(20)25-18/h6-9H,2-5,10-13H2,1H3,(H,24,25,28). The number of aromatic nitrogens is 2. The van der Waals surface area contributed by atoms with E-state index >= 15 is 0 Å². The predicted molar refractivity (Wildman–Crippen MR) is 121 cm³/mol. The smallest absolute Gasteiger partial charge is 0.259 e. The van der Waals surface area contributed by atoms with Gasteiger partial charge in [-0.2, -0.15) is 11.8 Å². The van der Waals surface area contributed by atoms with Gasteiger partial charge < -0.3 is 9.88 Å². The van der Waals surface area contributed by atoms with Gasteiger partial charge in [-0.1, -0.05) is 12.1 Å². The number of nitrogens with one attached hydrogen (secondary N) is 1. The summed E-state index contributed by atoms with van der Waals surface area (Å²) in [6.07, 6.45) is 4.75. The molecule has 0 radical (unpaired) electrons. The Morgan fingerprint density at radius 3 is 2.83 bits per heavy atom. The number of carbonyl (C=O) groups is 1. The average molecular weight is 446 g/mol. The molecule has 5 nitrogen and oxygen atoms in total. The molecule has 0 bridgehead atoms. The zero-order valence-electron chi connectivity index (χ0n) is 16.9. The SMILES string of the molecule is CN(Cc1ccc(F)cc1)C(=O)CCSCc1nc2sc3c(c2c(=O)[nH]1)CCCC3. The summed E-state index contributed by atoms with van der Waals surface area (Å²) in [4.78, 5) is 36.3. The van der Waals surface area contributed by atoms with Crippen LogP contribution in [0.25, 0.3) is 10.2 Å². The van der Waals surface area contributed by atoms with E-state index in [4.69, 9.17) is 0 Å². The number of fused-ring (bicyclic) bond motifs is 3. The maximum absolute atomic E-state index is 13.0. The summed E-state index contributed by atoms with van der Waals surface area (Å²) in [5, 5.41) is 0.779. The van der Waals surface area contributed by atoms with Gasteiger partial charge in [0.05, 0.1) is 11.1 Å². The van der Waals surface area contributed by atoms with Crippen LogP contribution in [0.4, 0.5) is 4.39 Å². The van der Waals surface area contributed by atoms with Crippen LogP contribution in [0.1, 0.15) is 41.1 Å². The fourth-order valence-electron chi connectivity index (χ4n) is 3.75. The van der Waals surface area contributed by atoms with E-state index in [9.17, 15) is 14.0 Å². The number of rotatable bonds is 7. The molecule has 1 aliphatic carbocycles. The molecule has 1 amide bonds. The molecule has 4 rings (SSSR count). The van der Waals surface area contributed by atoms with Crippen LogP contribution >= 0.6 is 23.1 Å². The third kappa shape index (κ3) is 4.75. The van der Waals surface area contributed by atoms with Crippen molar-refractivity contribution in [3.63, 3.8) is 0 Å². The molecule has 158 valence electrons. The molecule has 0 saturated heterocycles. The number of hydrogen-bond acceptors (Lipinski definition) is 5. The fourth-order valence-corrected chi connectivity index (χ4v) is 5.82. The van der Waals surface area contributed by atoms with E-state index in [1.807, 2.05) is 0 Å². The lowest BCUT2D eigenvalue weighted by molar-refractivity contribution is -0.129. The number of H-pyrrole nitrogens is 1. The Morgan fingerprint density at radius 2 is 2.03 bits per heavy atom. The lowest BCUT2D eigenvalue weighted by Crippen LogP contribution is -2.26. The van der Waals surface area contributed by atoms with Crippen molar-refractivity contribution >= 4 is 39.2 Å². The summed E-state index contributed by atoms with van der Waals surface area (Å²) in [6.45, 7) is 0.457. The van der Waals surface area contributed by atoms with Gasteiger partial charge in [-0.3, -0.25) is 9.59 Å². The first-order chi connectivity index (χ1) is 14.5. The predicted octanol–water partition coefficient (Wildman–Crippen LogP) is 4.28. The first kappa shape index (κ1) is 21.1. The summed E-state index contributed by atoms with van der Waals surface area (Å²) in [5.74, 6) is 1.65. The van der Waals surface area contributed by atoms with Gasteiger partial charge in [0.15, 0.2) is 0 Å². The molecule has 0 fully saturated rings. The Kier molecular flexibility index (Phi) is 6.53. The third-order valence-corrected chi connectivity index (χ3v) is 7.49. The fraction of sp³-hybridized carbons (Fsp3) is 0.409. The summed E-state index contributed by atoms with van der Waals surface area (Å²) in [6, 6.07) is 6.18. The molecular weight excluding hydrogens is 421 g/mol. The van der Waals surface area contributed by atoms with Gasteiger partial charge in [-0.25, -0.2) is 9.37 Å². The van der Waals surface area contributed by atoms with Crippen LogP contribution in [0.15, 0.2) is 29.1 Å². The monoisotopic (exact) mass is 445 g/mol. The maximum Gasteiger partial charge on any atom is 0.259 e. The second-order valence-electron chi connectivity index (χ2n) is 7.58. The summed E-state index contributed by atoms with van der Waals surface area (Å²) < 4.78 is 13.0. The first-order valence-electron chi connectivity index (χ1n) is 10.1. The molecule has 1 aromatic carbocycles. The number of hydrogen-bond donors (Lipinski definition) is 1. The van der Waals surface area contributed by atoms with Gasteiger partial charge in [0.1, 0.15) is 16.5 Å². The van der Waals surface area contributed by atoms with Crippen LogP contribution in [0.3, 0.4) is 0 Å². The second-order valence-corrected chi connectivity index (χ2v) is 9.77. The number of halogens is 1. The molecule has 3 aromatic rings. The van der Waals surface area contributed by atoms with Gasteiger partial charge in [-0.15, -0.1) is 11.3 Å². The summed E-state index contributed by atoms with van der Waals surface area (Å²) in [7, 11) is 1.75. The lowest BCUT2D eigenvalue weighted by Gasteiger charge is -2.17. The Morgan fingerprint density at radius 1 is 1.27 bits per heavy atom. The Hall–Kier alpha value is -2.19. The van der Waals surface area contributed by atoms with Gasteiger partial charge in [-0.05, 0) is 48.9 Å². The van der Waals surface area contributed by atoms with Gasteiger partial charge in [0, 0.05) is 30.6 Å². The number of aryl methyl sites for hydroxylation is 2. The number of carbonyl (C=O) groups excluding carboxylic acids is 1. The summed E-state index contributed by atoms with van der Waals surface area (Å²) >= 11 is 3.24. The van der Waals surface area contributed by atoms with E-state index in [-0.39, 0.29) is 17.3 Å². The van der Waals surface area contributed by atoms with Gasteiger partial charge in [0.25, 0.3) is 5.56 Å². The number of nitrogens with zero attached hydrogens (tertiary/aromatic N) is 2. The van der Waals surface area contributed by atoms with Crippen LogP contribution in [0.5, 0.6) is 0 Å². The number of aromatic amines is 1. The Labute approximate surface area is 182 Å². The molecular formula is C22H24FN3O2S2. The molecule has 8 heteroatoms. The van der Waals surface area contributed by atoms with Crippen LogP contribution in [-0.4, -0.2) is 33.6 Å². The maximum atomic E-state index is 13.0. The van der Waals surface area contributed by atoms with Crippen molar-refractivity contribution in [2.24, 2.45) is 0 Å². The van der Waals surface area contributed by atoms with E-state index in [1.54, 1.807) is 47.2 Å². The number of amides is 1. The van der Waals surface area contributed by atoms with E-state index in [1.165, 1.54) is 29.0 Å². The topological polar surface area (TPSA) is 66.1 Å². The van der Waals surface area contributed by atoms with Crippen molar-refractivity contribution in [2.75, 3.05) is 12.8 Å². The molecule has 2 heterocycles. The number of thiophene rings is 1. The second kappa shape index (κ2) is 9.31. The Balaban J connectivity index is 1.30. The van der Waals surface area contributed by atoms with E-state index in [2.05, 4.69) is 9.97 Å². The third-order valence-electron chi connectivity index (χ3n) is 5.33. The quantitative estimate of drug-likeness (QED) is 0.551. The highest BCUT2D eigenvalue weighted by atomic mass is 32.2. The zero-order valence-corrected chi connectivity index (χ0v) is 18.5. The van der Waals surface area contributed by atoms with Crippen molar-refractivity contribution in [1.82, 2.24) is 14.9 Å². The molecule has 1 aliphatic rings. The molecule has 2 aromatic heterocycles. The van der Waals surface area contributed by atoms with E-state index < -0.39 is 0 Å². The van der Waals surface area contributed by atoms with Crippen molar-refractivity contribution in [3.05, 3.63) is 62.3 Å². The lowest BCUT2D eigenvalue weighted by atomic mass is 9.97. The minimum absolute atomic E-state index is 0.0367. The van der Waals surface area contributed by atoms with E-state index in [0.29, 0.717) is 30.3 Å². The molecule has 0 atom stereocenters. The van der Waals surface area contributed by atoms with Crippen molar-refractivity contribution < 1.29 is 9.18 Å². The average Bonchev–Trinajstić information content (AvgIpc) is 3.11. The highest BCUT2D eigenvalue weighted by Gasteiger charge is 2.19. The van der Waals surface area contributed by atoms with E-state index in [0.717, 1.165) is 35.0 Å². The molecule has 1 N–H and O–H groups in total. The highest BCUT2D eigenvalue weighted by molar-refractivity contribution is 7.98. The first-order valence-corrected chi connectivity index (χ1v) is 12.1. The van der Waals surface area contributed by atoms with Crippen molar-refractivity contribution in [1.29, 1.82) is 0 Å².